The molecule has 1 aliphatic heterocycles. The van der Waals surface area contributed by atoms with Gasteiger partial charge in [-0.25, -0.2) is 8.42 Å². The number of carbonyl (C=O) groups excluding carboxylic acids is 1. The molecule has 1 atom stereocenters. The van der Waals surface area contributed by atoms with E-state index >= 15 is 0 Å². The lowest BCUT2D eigenvalue weighted by Gasteiger charge is -2.14. The molecule has 11 heteroatoms. The lowest BCUT2D eigenvalue weighted by atomic mass is 10.1. The molecule has 0 radical (unpaired) electrons. The van der Waals surface area contributed by atoms with Crippen molar-refractivity contribution < 1.29 is 13.2 Å². The number of anilines is 1. The third-order valence-electron chi connectivity index (χ3n) is 5.08. The molecule has 0 saturated heterocycles. The predicted octanol–water partition coefficient (Wildman–Crippen LogP) is 3.20. The summed E-state index contributed by atoms with van der Waals surface area (Å²) in [5.74, 6) is -0.0782. The highest BCUT2D eigenvalue weighted by Gasteiger charge is 2.31. The number of amides is 1. The molecule has 2 N–H and O–H groups in total. The first-order chi connectivity index (χ1) is 15.9. The Morgan fingerprint density at radius 3 is 2.67 bits per heavy atom. The number of aliphatic imine (C=N–C) groups is 1. The lowest BCUT2D eigenvalue weighted by Crippen LogP contribution is -2.30. The van der Waals surface area contributed by atoms with E-state index in [0.29, 0.717) is 17.7 Å². The van der Waals surface area contributed by atoms with Crippen molar-refractivity contribution in [3.63, 3.8) is 0 Å². The molecule has 0 aliphatic carbocycles. The molecule has 0 spiro atoms. The normalized spacial score (nSPS) is 16.2. The van der Waals surface area contributed by atoms with Gasteiger partial charge in [-0.2, -0.15) is 0 Å². The van der Waals surface area contributed by atoms with E-state index in [2.05, 4.69) is 25.2 Å². The summed E-state index contributed by atoms with van der Waals surface area (Å²) in [5.41, 5.74) is 1.12. The minimum absolute atomic E-state index is 0.175. The van der Waals surface area contributed by atoms with Crippen LogP contribution >= 0.6 is 11.8 Å². The number of nitrogens with one attached hydrogen (secondary N) is 2. The van der Waals surface area contributed by atoms with E-state index in [1.165, 1.54) is 17.8 Å². The smallest absolute Gasteiger partial charge is 0.263 e. The largest absolute Gasteiger partial charge is 0.324 e. The summed E-state index contributed by atoms with van der Waals surface area (Å²) in [6.07, 6.45) is 3.83. The number of hydrogen-bond donors (Lipinski definition) is 2. The number of benzene rings is 2. The van der Waals surface area contributed by atoms with Crippen molar-refractivity contribution in [3.8, 4) is 0 Å². The van der Waals surface area contributed by atoms with Crippen LogP contribution in [0.15, 0.2) is 74.8 Å². The average molecular weight is 485 g/mol. The van der Waals surface area contributed by atoms with Crippen molar-refractivity contribution >= 4 is 39.2 Å². The van der Waals surface area contributed by atoms with Crippen molar-refractivity contribution in [3.05, 3.63) is 60.4 Å². The zero-order valence-corrected chi connectivity index (χ0v) is 19.9. The van der Waals surface area contributed by atoms with Gasteiger partial charge in [0.2, 0.25) is 5.91 Å². The highest BCUT2D eigenvalue weighted by molar-refractivity contribution is 7.99. The molecule has 1 aromatic heterocycles. The number of amidine groups is 1. The van der Waals surface area contributed by atoms with E-state index < -0.39 is 16.1 Å². The van der Waals surface area contributed by atoms with Crippen LogP contribution in [-0.2, 0) is 21.9 Å². The molecule has 172 valence electrons. The van der Waals surface area contributed by atoms with Gasteiger partial charge in [0.25, 0.3) is 10.0 Å². The molecule has 0 fully saturated rings. The van der Waals surface area contributed by atoms with Crippen molar-refractivity contribution in [1.29, 1.82) is 0 Å². The van der Waals surface area contributed by atoms with Gasteiger partial charge in [-0.15, -0.1) is 10.2 Å². The average Bonchev–Trinajstić information content (AvgIpc) is 3.32. The maximum Gasteiger partial charge on any atom is 0.263 e. The van der Waals surface area contributed by atoms with Crippen molar-refractivity contribution in [2.24, 2.45) is 12.0 Å². The van der Waals surface area contributed by atoms with Crippen molar-refractivity contribution in [2.75, 3.05) is 5.32 Å². The molecule has 0 saturated carbocycles. The molecule has 33 heavy (non-hydrogen) atoms. The fraction of sp³-hybridized carbons (Fsp3) is 0.273. The van der Waals surface area contributed by atoms with Crippen LogP contribution in [0.1, 0.15) is 31.7 Å². The van der Waals surface area contributed by atoms with Crippen LogP contribution in [0, 0.1) is 0 Å². The highest BCUT2D eigenvalue weighted by atomic mass is 32.2. The summed E-state index contributed by atoms with van der Waals surface area (Å²) in [6.45, 7) is 2.03. The quantitative estimate of drug-likeness (QED) is 0.507. The standard InChI is InChI=1S/C22H24N6O3S2/c1-3-4-8-18(25-20-17-7-5-6-9-19(17)33(30,31)27-20)21(29)24-15-10-12-16(13-11-15)32-22-26-23-14-28(22)2/h5-7,9-14,18H,3-4,8H2,1-2H3,(H,24,29)(H,25,27). The summed E-state index contributed by atoms with van der Waals surface area (Å²) in [7, 11) is -1.79. The van der Waals surface area contributed by atoms with E-state index in [4.69, 9.17) is 0 Å². The van der Waals surface area contributed by atoms with Crippen LogP contribution in [0.4, 0.5) is 5.69 Å². The van der Waals surface area contributed by atoms with Gasteiger partial charge in [-0.05, 0) is 54.6 Å². The molecular formula is C22H24N6O3S2. The number of aromatic nitrogens is 3. The Bertz CT molecular complexity index is 1290. The van der Waals surface area contributed by atoms with Crippen LogP contribution in [0.25, 0.3) is 0 Å². The van der Waals surface area contributed by atoms with Crippen LogP contribution in [0.5, 0.6) is 0 Å². The zero-order chi connectivity index (χ0) is 23.4. The van der Waals surface area contributed by atoms with Gasteiger partial charge in [0.1, 0.15) is 18.2 Å². The Kier molecular flexibility index (Phi) is 6.80. The number of rotatable bonds is 8. The van der Waals surface area contributed by atoms with E-state index in [-0.39, 0.29) is 16.6 Å². The minimum Gasteiger partial charge on any atom is -0.324 e. The number of sulfonamides is 1. The number of nitrogens with zero attached hydrogens (tertiary/aromatic N) is 4. The number of unbranched alkanes of at least 4 members (excludes halogenated alkanes) is 1. The number of carbonyl (C=O) groups is 1. The molecule has 4 rings (SSSR count). The SMILES string of the molecule is CCCCC(N=C1NS(=O)(=O)c2ccccc21)C(=O)Nc1ccc(Sc2nncn2C)cc1. The Hall–Kier alpha value is -3.18. The Morgan fingerprint density at radius 1 is 1.21 bits per heavy atom. The second-order valence-electron chi connectivity index (χ2n) is 7.58. The minimum atomic E-state index is -3.66. The van der Waals surface area contributed by atoms with E-state index in [1.807, 2.05) is 42.8 Å². The van der Waals surface area contributed by atoms with E-state index in [0.717, 1.165) is 22.9 Å². The van der Waals surface area contributed by atoms with Crippen LogP contribution < -0.4 is 10.0 Å². The molecule has 2 heterocycles. The van der Waals surface area contributed by atoms with Gasteiger partial charge < -0.3 is 9.88 Å². The first-order valence-corrected chi connectivity index (χ1v) is 12.8. The second kappa shape index (κ2) is 9.75. The molecule has 9 nitrogen and oxygen atoms in total. The first-order valence-electron chi connectivity index (χ1n) is 10.5. The van der Waals surface area contributed by atoms with Crippen LogP contribution in [-0.4, -0.2) is 41.0 Å². The Balaban J connectivity index is 1.51. The van der Waals surface area contributed by atoms with E-state index in [1.54, 1.807) is 24.5 Å². The number of fused-ring (bicyclic) bond motifs is 1. The van der Waals surface area contributed by atoms with Gasteiger partial charge in [-0.3, -0.25) is 14.5 Å². The first kappa shape index (κ1) is 23.0. The van der Waals surface area contributed by atoms with Gasteiger partial charge in [0, 0.05) is 23.2 Å². The maximum atomic E-state index is 13.0. The summed E-state index contributed by atoms with van der Waals surface area (Å²) in [6, 6.07) is 13.3. The summed E-state index contributed by atoms with van der Waals surface area (Å²) in [5, 5.41) is 11.6. The third kappa shape index (κ3) is 5.25. The zero-order valence-electron chi connectivity index (χ0n) is 18.2. The van der Waals surface area contributed by atoms with E-state index in [9.17, 15) is 13.2 Å². The molecule has 3 aromatic rings. The molecule has 1 amide bonds. The van der Waals surface area contributed by atoms with Crippen molar-refractivity contribution in [1.82, 2.24) is 19.5 Å². The summed E-state index contributed by atoms with van der Waals surface area (Å²) >= 11 is 1.47. The molecule has 2 aromatic carbocycles. The van der Waals surface area contributed by atoms with Gasteiger partial charge in [-0.1, -0.05) is 31.9 Å². The van der Waals surface area contributed by atoms with Crippen molar-refractivity contribution in [2.45, 2.75) is 47.2 Å². The topological polar surface area (TPSA) is 118 Å². The fourth-order valence-corrected chi connectivity index (χ4v) is 5.34. The maximum absolute atomic E-state index is 13.0. The molecular weight excluding hydrogens is 460 g/mol. The second-order valence-corrected chi connectivity index (χ2v) is 10.3. The lowest BCUT2D eigenvalue weighted by molar-refractivity contribution is -0.117. The predicted molar refractivity (Wildman–Crippen MR) is 127 cm³/mol. The van der Waals surface area contributed by atoms with Gasteiger partial charge in [0.15, 0.2) is 5.16 Å². The monoisotopic (exact) mass is 484 g/mol. The fourth-order valence-electron chi connectivity index (χ4n) is 3.34. The van der Waals surface area contributed by atoms with Gasteiger partial charge >= 0.3 is 0 Å². The highest BCUT2D eigenvalue weighted by Crippen LogP contribution is 2.27. The number of aryl methyl sites for hydroxylation is 1. The summed E-state index contributed by atoms with van der Waals surface area (Å²) < 4.78 is 29.1. The molecule has 0 bridgehead atoms. The van der Waals surface area contributed by atoms with Crippen LogP contribution in [0.3, 0.4) is 0 Å². The van der Waals surface area contributed by atoms with Crippen LogP contribution in [0.2, 0.25) is 0 Å². The molecule has 1 unspecified atom stereocenters. The van der Waals surface area contributed by atoms with Gasteiger partial charge in [0.05, 0.1) is 4.90 Å². The number of hydrogen-bond acceptors (Lipinski definition) is 7. The molecule has 1 aliphatic rings. The summed E-state index contributed by atoms with van der Waals surface area (Å²) in [4.78, 5) is 18.7. The third-order valence-corrected chi connectivity index (χ3v) is 7.54. The Labute approximate surface area is 196 Å². The Morgan fingerprint density at radius 2 is 1.97 bits per heavy atom.